The van der Waals surface area contributed by atoms with E-state index in [0.29, 0.717) is 21.7 Å². The van der Waals surface area contributed by atoms with Gasteiger partial charge in [0.05, 0.1) is 0 Å². The smallest absolute Gasteiger partial charge is 0.193 e. The van der Waals surface area contributed by atoms with Gasteiger partial charge in [0.25, 0.3) is 0 Å². The van der Waals surface area contributed by atoms with Crippen LogP contribution in [0.15, 0.2) is 42.5 Å². The van der Waals surface area contributed by atoms with Gasteiger partial charge >= 0.3 is 0 Å². The summed E-state index contributed by atoms with van der Waals surface area (Å²) >= 11 is 5.77. The Kier molecular flexibility index (Phi) is 3.16. The van der Waals surface area contributed by atoms with Gasteiger partial charge in [0.15, 0.2) is 5.78 Å². The molecule has 0 aromatic heterocycles. The van der Waals surface area contributed by atoms with Gasteiger partial charge in [-0.15, -0.1) is 0 Å². The molecule has 2 rings (SSSR count). The van der Waals surface area contributed by atoms with E-state index in [1.54, 1.807) is 49.4 Å². The molecule has 0 bridgehead atoms. The molecule has 2 nitrogen and oxygen atoms in total. The molecule has 17 heavy (non-hydrogen) atoms. The summed E-state index contributed by atoms with van der Waals surface area (Å²) in [5.41, 5.74) is 1.66. The quantitative estimate of drug-likeness (QED) is 0.823. The van der Waals surface area contributed by atoms with Crippen molar-refractivity contribution >= 4 is 17.4 Å². The highest BCUT2D eigenvalue weighted by Gasteiger charge is 2.13. The third-order valence-electron chi connectivity index (χ3n) is 2.66. The Hall–Kier alpha value is -1.80. The van der Waals surface area contributed by atoms with E-state index < -0.39 is 0 Å². The van der Waals surface area contributed by atoms with E-state index in [1.165, 1.54) is 0 Å². The van der Waals surface area contributed by atoms with E-state index in [2.05, 4.69) is 0 Å². The lowest BCUT2D eigenvalue weighted by molar-refractivity contribution is 0.103. The maximum Gasteiger partial charge on any atom is 0.193 e. The summed E-state index contributed by atoms with van der Waals surface area (Å²) in [7, 11) is 0. The summed E-state index contributed by atoms with van der Waals surface area (Å²) in [5.74, 6) is 0.0138. The Morgan fingerprint density at radius 2 is 1.76 bits per heavy atom. The molecule has 0 atom stereocenters. The molecule has 2 aromatic rings. The molecule has 2 aromatic carbocycles. The number of ketones is 1. The second-order valence-electron chi connectivity index (χ2n) is 3.79. The highest BCUT2D eigenvalue weighted by molar-refractivity contribution is 6.30. The molecule has 0 heterocycles. The van der Waals surface area contributed by atoms with E-state index in [1.807, 2.05) is 0 Å². The van der Waals surface area contributed by atoms with Crippen LogP contribution in [0.4, 0.5) is 0 Å². The Bertz CT molecular complexity index is 559. The number of rotatable bonds is 2. The van der Waals surface area contributed by atoms with E-state index in [0.717, 1.165) is 0 Å². The van der Waals surface area contributed by atoms with Crippen LogP contribution in [0.25, 0.3) is 0 Å². The minimum atomic E-state index is -0.116. The normalized spacial score (nSPS) is 10.2. The van der Waals surface area contributed by atoms with Gasteiger partial charge in [-0.2, -0.15) is 0 Å². The number of phenols is 1. The van der Waals surface area contributed by atoms with Crippen molar-refractivity contribution in [3.05, 3.63) is 64.2 Å². The zero-order chi connectivity index (χ0) is 12.4. The molecule has 0 saturated carbocycles. The fourth-order valence-electron chi connectivity index (χ4n) is 1.63. The summed E-state index contributed by atoms with van der Waals surface area (Å²) in [4.78, 5) is 12.2. The molecule has 0 radical (unpaired) electrons. The van der Waals surface area contributed by atoms with Crippen molar-refractivity contribution in [2.24, 2.45) is 0 Å². The fraction of sp³-hybridized carbons (Fsp3) is 0.0714. The molecule has 0 spiro atoms. The molecule has 0 amide bonds. The van der Waals surface area contributed by atoms with Crippen LogP contribution in [0.2, 0.25) is 5.02 Å². The summed E-state index contributed by atoms with van der Waals surface area (Å²) in [6.07, 6.45) is 0. The molecular formula is C14H11ClO2. The van der Waals surface area contributed by atoms with E-state index >= 15 is 0 Å². The molecule has 0 unspecified atom stereocenters. The van der Waals surface area contributed by atoms with Gasteiger partial charge in [-0.25, -0.2) is 0 Å². The summed E-state index contributed by atoms with van der Waals surface area (Å²) < 4.78 is 0. The first-order chi connectivity index (χ1) is 8.09. The monoisotopic (exact) mass is 246 g/mol. The maximum atomic E-state index is 12.2. The van der Waals surface area contributed by atoms with Gasteiger partial charge < -0.3 is 5.11 Å². The van der Waals surface area contributed by atoms with Crippen LogP contribution in [0.1, 0.15) is 21.5 Å². The number of benzene rings is 2. The average molecular weight is 247 g/mol. The van der Waals surface area contributed by atoms with Gasteiger partial charge in [0.2, 0.25) is 0 Å². The lowest BCUT2D eigenvalue weighted by Crippen LogP contribution is -2.03. The highest BCUT2D eigenvalue weighted by Crippen LogP contribution is 2.22. The Morgan fingerprint density at radius 3 is 2.41 bits per heavy atom. The van der Waals surface area contributed by atoms with Crippen molar-refractivity contribution < 1.29 is 9.90 Å². The molecular weight excluding hydrogens is 236 g/mol. The van der Waals surface area contributed by atoms with Crippen molar-refractivity contribution in [1.29, 1.82) is 0 Å². The van der Waals surface area contributed by atoms with Gasteiger partial charge in [-0.1, -0.05) is 23.7 Å². The number of carbonyl (C=O) groups is 1. The second kappa shape index (κ2) is 4.60. The minimum absolute atomic E-state index is 0.116. The third kappa shape index (κ3) is 2.32. The van der Waals surface area contributed by atoms with E-state index in [-0.39, 0.29) is 11.5 Å². The lowest BCUT2D eigenvalue weighted by atomic mass is 9.99. The van der Waals surface area contributed by atoms with Crippen LogP contribution in [-0.2, 0) is 0 Å². The summed E-state index contributed by atoms with van der Waals surface area (Å²) in [6.45, 7) is 1.72. The molecule has 0 aliphatic heterocycles. The summed E-state index contributed by atoms with van der Waals surface area (Å²) in [5, 5.41) is 10.2. The SMILES string of the molecule is Cc1c(O)cccc1C(=O)c1ccc(Cl)cc1. The van der Waals surface area contributed by atoms with Crippen LogP contribution < -0.4 is 0 Å². The second-order valence-corrected chi connectivity index (χ2v) is 4.22. The predicted octanol–water partition coefficient (Wildman–Crippen LogP) is 3.59. The molecule has 1 N–H and O–H groups in total. The first kappa shape index (κ1) is 11.7. The molecule has 0 aliphatic carbocycles. The Morgan fingerprint density at radius 1 is 1.12 bits per heavy atom. The van der Waals surface area contributed by atoms with Gasteiger partial charge in [0.1, 0.15) is 5.75 Å². The van der Waals surface area contributed by atoms with Crippen LogP contribution in [0.5, 0.6) is 5.75 Å². The number of carbonyl (C=O) groups excluding carboxylic acids is 1. The third-order valence-corrected chi connectivity index (χ3v) is 2.91. The van der Waals surface area contributed by atoms with Crippen LogP contribution >= 0.6 is 11.6 Å². The number of halogens is 1. The van der Waals surface area contributed by atoms with Crippen LogP contribution in [0, 0.1) is 6.92 Å². The fourth-order valence-corrected chi connectivity index (χ4v) is 1.75. The lowest BCUT2D eigenvalue weighted by Gasteiger charge is -2.06. The first-order valence-corrected chi connectivity index (χ1v) is 5.56. The molecule has 0 fully saturated rings. The zero-order valence-electron chi connectivity index (χ0n) is 9.27. The van der Waals surface area contributed by atoms with Crippen molar-refractivity contribution in [2.75, 3.05) is 0 Å². The van der Waals surface area contributed by atoms with Gasteiger partial charge in [0, 0.05) is 21.7 Å². The molecule has 0 aliphatic rings. The van der Waals surface area contributed by atoms with E-state index in [4.69, 9.17) is 11.6 Å². The Balaban J connectivity index is 2.44. The topological polar surface area (TPSA) is 37.3 Å². The minimum Gasteiger partial charge on any atom is -0.508 e. The van der Waals surface area contributed by atoms with Crippen LogP contribution in [0.3, 0.4) is 0 Å². The molecule has 3 heteroatoms. The van der Waals surface area contributed by atoms with Crippen molar-refractivity contribution in [3.63, 3.8) is 0 Å². The highest BCUT2D eigenvalue weighted by atomic mass is 35.5. The Labute approximate surface area is 104 Å². The largest absolute Gasteiger partial charge is 0.508 e. The predicted molar refractivity (Wildman–Crippen MR) is 67.7 cm³/mol. The van der Waals surface area contributed by atoms with Gasteiger partial charge in [-0.3, -0.25) is 4.79 Å². The zero-order valence-corrected chi connectivity index (χ0v) is 10.0. The number of hydrogen-bond donors (Lipinski definition) is 1. The van der Waals surface area contributed by atoms with Gasteiger partial charge in [-0.05, 0) is 37.3 Å². The molecule has 0 saturated heterocycles. The number of aromatic hydroxyl groups is 1. The average Bonchev–Trinajstić information content (AvgIpc) is 2.33. The van der Waals surface area contributed by atoms with Crippen LogP contribution in [-0.4, -0.2) is 10.9 Å². The number of phenolic OH excluding ortho intramolecular Hbond substituents is 1. The van der Waals surface area contributed by atoms with E-state index in [9.17, 15) is 9.90 Å². The standard InChI is InChI=1S/C14H11ClO2/c1-9-12(3-2-4-13(9)16)14(17)10-5-7-11(15)8-6-10/h2-8,16H,1H3. The van der Waals surface area contributed by atoms with Crippen molar-refractivity contribution in [1.82, 2.24) is 0 Å². The molecule has 86 valence electrons. The number of hydrogen-bond acceptors (Lipinski definition) is 2. The first-order valence-electron chi connectivity index (χ1n) is 5.18. The van der Waals surface area contributed by atoms with Crippen molar-refractivity contribution in [3.8, 4) is 5.75 Å². The summed E-state index contributed by atoms with van der Waals surface area (Å²) in [6, 6.07) is 11.6. The maximum absolute atomic E-state index is 12.2. The van der Waals surface area contributed by atoms with Crippen molar-refractivity contribution in [2.45, 2.75) is 6.92 Å².